The van der Waals surface area contributed by atoms with E-state index in [1.165, 1.54) is 12.8 Å². The van der Waals surface area contributed by atoms with Crippen LogP contribution in [-0.2, 0) is 15.1 Å². The Morgan fingerprint density at radius 3 is 2.42 bits per heavy atom. The third-order valence-corrected chi connectivity index (χ3v) is 5.49. The van der Waals surface area contributed by atoms with Crippen molar-refractivity contribution in [3.8, 4) is 0 Å². The monoisotopic (exact) mass is 357 g/mol. The van der Waals surface area contributed by atoms with Crippen LogP contribution in [0.4, 0.5) is 4.79 Å². The Balaban J connectivity index is 1.69. The fraction of sp³-hybridized carbons (Fsp3) is 0.550. The first-order chi connectivity index (χ1) is 12.6. The molecular formula is C20H27N3O3. The summed E-state index contributed by atoms with van der Waals surface area (Å²) in [4.78, 5) is 38.9. The molecule has 0 bridgehead atoms. The Hall–Kier alpha value is -2.37. The van der Waals surface area contributed by atoms with E-state index in [1.54, 1.807) is 0 Å². The molecule has 4 amide bonds. The molecule has 2 aliphatic rings. The average Bonchev–Trinajstić information content (AvgIpc) is 2.82. The lowest BCUT2D eigenvalue weighted by Gasteiger charge is -2.25. The second kappa shape index (κ2) is 7.89. The van der Waals surface area contributed by atoms with Gasteiger partial charge in [0.15, 0.2) is 0 Å². The molecule has 2 fully saturated rings. The van der Waals surface area contributed by atoms with Crippen molar-refractivity contribution < 1.29 is 14.4 Å². The lowest BCUT2D eigenvalue weighted by Crippen LogP contribution is -2.46. The second-order valence-corrected chi connectivity index (χ2v) is 7.20. The zero-order chi connectivity index (χ0) is 18.6. The van der Waals surface area contributed by atoms with Gasteiger partial charge in [0.1, 0.15) is 12.1 Å². The van der Waals surface area contributed by atoms with Crippen LogP contribution in [0.15, 0.2) is 30.3 Å². The number of carbonyl (C=O) groups excluding carboxylic acids is 3. The standard InChI is InChI=1S/C20H27N3O3/c1-2-20(15-10-6-5-7-11-15)18(25)23(19(26)22-20)14-17(24)21-16-12-8-3-4-9-13-16/h5-7,10-11,16H,2-4,8-9,12-14H2,1H3,(H,21,24)(H,22,26)/t20-/m1/s1. The molecule has 0 spiro atoms. The number of carbonyl (C=O) groups is 3. The highest BCUT2D eigenvalue weighted by Crippen LogP contribution is 2.32. The van der Waals surface area contributed by atoms with E-state index in [-0.39, 0.29) is 24.4 Å². The predicted molar refractivity (Wildman–Crippen MR) is 98.3 cm³/mol. The normalized spacial score (nSPS) is 24.3. The number of urea groups is 1. The van der Waals surface area contributed by atoms with Crippen molar-refractivity contribution in [1.29, 1.82) is 0 Å². The maximum absolute atomic E-state index is 13.0. The van der Waals surface area contributed by atoms with Crippen LogP contribution in [0.1, 0.15) is 57.4 Å². The third-order valence-electron chi connectivity index (χ3n) is 5.49. The smallest absolute Gasteiger partial charge is 0.325 e. The molecule has 3 rings (SSSR count). The SMILES string of the molecule is CC[C@]1(c2ccccc2)NC(=O)N(CC(=O)NC2CCCCCC2)C1=O. The van der Waals surface area contributed by atoms with Gasteiger partial charge in [0, 0.05) is 6.04 Å². The van der Waals surface area contributed by atoms with Gasteiger partial charge in [0.05, 0.1) is 0 Å². The van der Waals surface area contributed by atoms with E-state index in [0.29, 0.717) is 6.42 Å². The fourth-order valence-corrected chi connectivity index (χ4v) is 3.97. The van der Waals surface area contributed by atoms with Gasteiger partial charge in [-0.05, 0) is 24.8 Å². The van der Waals surface area contributed by atoms with Crippen LogP contribution in [0.3, 0.4) is 0 Å². The lowest BCUT2D eigenvalue weighted by atomic mass is 9.87. The van der Waals surface area contributed by atoms with Crippen molar-refractivity contribution in [2.45, 2.75) is 63.5 Å². The highest BCUT2D eigenvalue weighted by Gasteiger charge is 2.51. The molecule has 26 heavy (non-hydrogen) atoms. The van der Waals surface area contributed by atoms with Crippen molar-refractivity contribution in [3.63, 3.8) is 0 Å². The zero-order valence-electron chi connectivity index (χ0n) is 15.3. The van der Waals surface area contributed by atoms with Gasteiger partial charge in [-0.2, -0.15) is 0 Å². The number of nitrogens with zero attached hydrogens (tertiary/aromatic N) is 1. The molecule has 1 heterocycles. The van der Waals surface area contributed by atoms with Gasteiger partial charge < -0.3 is 10.6 Å². The number of rotatable bonds is 5. The predicted octanol–water partition coefficient (Wildman–Crippen LogP) is 2.68. The van der Waals surface area contributed by atoms with Crippen LogP contribution >= 0.6 is 0 Å². The summed E-state index contributed by atoms with van der Waals surface area (Å²) in [5, 5.41) is 5.81. The van der Waals surface area contributed by atoms with Gasteiger partial charge in [-0.1, -0.05) is 62.9 Å². The van der Waals surface area contributed by atoms with Gasteiger partial charge in [-0.3, -0.25) is 14.5 Å². The van der Waals surface area contributed by atoms with Gasteiger partial charge in [0.25, 0.3) is 5.91 Å². The number of amides is 4. The molecule has 1 aromatic rings. The van der Waals surface area contributed by atoms with E-state index in [9.17, 15) is 14.4 Å². The summed E-state index contributed by atoms with van der Waals surface area (Å²) in [6, 6.07) is 8.86. The van der Waals surface area contributed by atoms with E-state index in [1.807, 2.05) is 37.3 Å². The molecular weight excluding hydrogens is 330 g/mol. The number of imide groups is 1. The molecule has 1 saturated heterocycles. The minimum atomic E-state index is -1.08. The Kier molecular flexibility index (Phi) is 5.59. The summed E-state index contributed by atoms with van der Waals surface area (Å²) in [7, 11) is 0. The minimum Gasteiger partial charge on any atom is -0.352 e. The van der Waals surface area contributed by atoms with Crippen LogP contribution < -0.4 is 10.6 Å². The summed E-state index contributed by atoms with van der Waals surface area (Å²) in [5.41, 5.74) is -0.339. The van der Waals surface area contributed by atoms with E-state index < -0.39 is 11.6 Å². The van der Waals surface area contributed by atoms with Crippen molar-refractivity contribution in [2.24, 2.45) is 0 Å². The van der Waals surface area contributed by atoms with Crippen molar-refractivity contribution in [3.05, 3.63) is 35.9 Å². The van der Waals surface area contributed by atoms with Gasteiger partial charge in [-0.25, -0.2) is 4.79 Å². The van der Waals surface area contributed by atoms with Crippen LogP contribution in [0.25, 0.3) is 0 Å². The van der Waals surface area contributed by atoms with Crippen LogP contribution in [0.2, 0.25) is 0 Å². The molecule has 0 aromatic heterocycles. The van der Waals surface area contributed by atoms with E-state index >= 15 is 0 Å². The first kappa shape index (κ1) is 18.4. The molecule has 0 unspecified atom stereocenters. The summed E-state index contributed by atoms with van der Waals surface area (Å²) < 4.78 is 0. The van der Waals surface area contributed by atoms with Gasteiger partial charge in [0.2, 0.25) is 5.91 Å². The first-order valence-electron chi connectivity index (χ1n) is 9.56. The zero-order valence-corrected chi connectivity index (χ0v) is 15.3. The Labute approximate surface area is 154 Å². The van der Waals surface area contributed by atoms with Crippen molar-refractivity contribution >= 4 is 17.8 Å². The fourth-order valence-electron chi connectivity index (χ4n) is 3.97. The molecule has 6 heteroatoms. The van der Waals surface area contributed by atoms with Crippen LogP contribution in [-0.4, -0.2) is 35.3 Å². The molecule has 6 nitrogen and oxygen atoms in total. The molecule has 1 aliphatic heterocycles. The third kappa shape index (κ3) is 3.59. The quantitative estimate of drug-likeness (QED) is 0.628. The number of hydrogen-bond acceptors (Lipinski definition) is 3. The summed E-state index contributed by atoms with van der Waals surface area (Å²) in [6.07, 6.45) is 7.00. The average molecular weight is 357 g/mol. The topological polar surface area (TPSA) is 78.5 Å². The molecule has 140 valence electrons. The van der Waals surface area contributed by atoms with Crippen molar-refractivity contribution in [2.75, 3.05) is 6.54 Å². The number of benzene rings is 1. The highest BCUT2D eigenvalue weighted by atomic mass is 16.2. The summed E-state index contributed by atoms with van der Waals surface area (Å²) >= 11 is 0. The Morgan fingerprint density at radius 1 is 1.15 bits per heavy atom. The Morgan fingerprint density at radius 2 is 1.81 bits per heavy atom. The number of hydrogen-bond donors (Lipinski definition) is 2. The summed E-state index contributed by atoms with van der Waals surface area (Å²) in [5.74, 6) is -0.618. The molecule has 1 atom stereocenters. The maximum atomic E-state index is 13.0. The second-order valence-electron chi connectivity index (χ2n) is 7.20. The number of nitrogens with one attached hydrogen (secondary N) is 2. The molecule has 1 aliphatic carbocycles. The van der Waals surface area contributed by atoms with Gasteiger partial charge in [-0.15, -0.1) is 0 Å². The van der Waals surface area contributed by atoms with Crippen LogP contribution in [0.5, 0.6) is 0 Å². The molecule has 1 aromatic carbocycles. The molecule has 0 radical (unpaired) electrons. The van der Waals surface area contributed by atoms with Crippen molar-refractivity contribution in [1.82, 2.24) is 15.5 Å². The molecule has 1 saturated carbocycles. The largest absolute Gasteiger partial charge is 0.352 e. The van der Waals surface area contributed by atoms with Crippen LogP contribution in [0, 0.1) is 0 Å². The lowest BCUT2D eigenvalue weighted by molar-refractivity contribution is -0.135. The minimum absolute atomic E-state index is 0.149. The Bertz CT molecular complexity index is 668. The first-order valence-corrected chi connectivity index (χ1v) is 9.56. The van der Waals surface area contributed by atoms with E-state index in [0.717, 1.165) is 36.1 Å². The molecule has 2 N–H and O–H groups in total. The van der Waals surface area contributed by atoms with Gasteiger partial charge >= 0.3 is 6.03 Å². The van der Waals surface area contributed by atoms with E-state index in [4.69, 9.17) is 0 Å². The van der Waals surface area contributed by atoms with E-state index in [2.05, 4.69) is 10.6 Å². The highest BCUT2D eigenvalue weighted by molar-refractivity contribution is 6.09. The summed E-state index contributed by atoms with van der Waals surface area (Å²) in [6.45, 7) is 1.63. The maximum Gasteiger partial charge on any atom is 0.325 e.